The van der Waals surface area contributed by atoms with Gasteiger partial charge in [-0.1, -0.05) is 0 Å². The van der Waals surface area contributed by atoms with Gasteiger partial charge in [0.2, 0.25) is 0 Å². The molecule has 0 saturated heterocycles. The molecule has 0 heterocycles. The minimum atomic E-state index is -0.548. The lowest BCUT2D eigenvalue weighted by Gasteiger charge is -2.07. The number of carbonyl (C=O) groups is 2. The summed E-state index contributed by atoms with van der Waals surface area (Å²) in [5.74, 6) is -1.09. The smallest absolute Gasteiger partial charge is 0.338 e. The van der Waals surface area contributed by atoms with E-state index >= 15 is 0 Å². The van der Waals surface area contributed by atoms with E-state index in [9.17, 15) is 9.59 Å². The van der Waals surface area contributed by atoms with E-state index < -0.39 is 11.9 Å². The van der Waals surface area contributed by atoms with Crippen molar-refractivity contribution in [2.24, 2.45) is 0 Å². The topological polar surface area (TPSA) is 52.6 Å². The minimum Gasteiger partial charge on any atom is -0.465 e. The molecule has 0 aliphatic rings. The summed E-state index contributed by atoms with van der Waals surface area (Å²) >= 11 is 1.48. The van der Waals surface area contributed by atoms with E-state index in [0.717, 1.165) is 4.90 Å². The van der Waals surface area contributed by atoms with Crippen molar-refractivity contribution in [2.75, 3.05) is 20.5 Å². The molecule has 4 nitrogen and oxygen atoms in total. The predicted octanol–water partition coefficient (Wildman–Crippen LogP) is 1.98. The first-order chi connectivity index (χ1) is 7.63. The Labute approximate surface area is 97.9 Å². The lowest BCUT2D eigenvalue weighted by atomic mass is 10.1. The van der Waals surface area contributed by atoms with E-state index in [-0.39, 0.29) is 11.1 Å². The highest BCUT2D eigenvalue weighted by Gasteiger charge is 2.18. The lowest BCUT2D eigenvalue weighted by Crippen LogP contribution is -2.11. The summed E-state index contributed by atoms with van der Waals surface area (Å²) in [7, 11) is 2.54. The summed E-state index contributed by atoms with van der Waals surface area (Å²) < 4.78 is 9.21. The molecule has 1 aromatic carbocycles. The van der Waals surface area contributed by atoms with Crippen LogP contribution in [0.3, 0.4) is 0 Å². The Balaban J connectivity index is 3.26. The molecule has 0 spiro atoms. The number of rotatable bonds is 3. The van der Waals surface area contributed by atoms with Crippen LogP contribution in [0.2, 0.25) is 0 Å². The third-order valence-electron chi connectivity index (χ3n) is 2.04. The molecule has 0 aliphatic carbocycles. The average molecular weight is 240 g/mol. The molecule has 0 aromatic heterocycles. The Kier molecular flexibility index (Phi) is 4.37. The molecule has 0 saturated carbocycles. The van der Waals surface area contributed by atoms with Crippen LogP contribution in [0.4, 0.5) is 0 Å². The van der Waals surface area contributed by atoms with Gasteiger partial charge in [0.05, 0.1) is 25.3 Å². The summed E-state index contributed by atoms with van der Waals surface area (Å²) in [6, 6.07) is 4.93. The van der Waals surface area contributed by atoms with Crippen LogP contribution in [-0.4, -0.2) is 32.4 Å². The Morgan fingerprint density at radius 3 is 2.12 bits per heavy atom. The molecule has 0 N–H and O–H groups in total. The Hall–Kier alpha value is -1.49. The Bertz CT molecular complexity index is 414. The fourth-order valence-electron chi connectivity index (χ4n) is 1.22. The first-order valence-corrected chi connectivity index (χ1v) is 5.71. The number of hydrogen-bond donors (Lipinski definition) is 0. The highest BCUT2D eigenvalue weighted by Crippen LogP contribution is 2.20. The van der Waals surface area contributed by atoms with Crippen molar-refractivity contribution < 1.29 is 19.1 Å². The minimum absolute atomic E-state index is 0.215. The number of benzene rings is 1. The molecule has 16 heavy (non-hydrogen) atoms. The van der Waals surface area contributed by atoms with Crippen molar-refractivity contribution in [1.82, 2.24) is 0 Å². The molecule has 0 atom stereocenters. The van der Waals surface area contributed by atoms with Gasteiger partial charge in [0.25, 0.3) is 0 Å². The monoisotopic (exact) mass is 240 g/mol. The van der Waals surface area contributed by atoms with Gasteiger partial charge in [-0.05, 0) is 24.5 Å². The maximum absolute atomic E-state index is 11.5. The zero-order valence-electron chi connectivity index (χ0n) is 9.27. The number of hydrogen-bond acceptors (Lipinski definition) is 5. The second kappa shape index (κ2) is 5.55. The number of thioether (sulfide) groups is 1. The van der Waals surface area contributed by atoms with Crippen LogP contribution in [0.25, 0.3) is 0 Å². The zero-order valence-corrected chi connectivity index (χ0v) is 10.1. The Morgan fingerprint density at radius 1 is 1.06 bits per heavy atom. The number of methoxy groups -OCH3 is 2. The van der Waals surface area contributed by atoms with Crippen molar-refractivity contribution >= 4 is 23.7 Å². The van der Waals surface area contributed by atoms with Gasteiger partial charge >= 0.3 is 11.9 Å². The van der Waals surface area contributed by atoms with Gasteiger partial charge in [0.1, 0.15) is 0 Å². The number of esters is 2. The SMILES string of the molecule is COC(=O)c1ccc(SC)cc1C(=O)OC. The van der Waals surface area contributed by atoms with Crippen LogP contribution < -0.4 is 0 Å². The highest BCUT2D eigenvalue weighted by molar-refractivity contribution is 7.98. The molecule has 0 bridgehead atoms. The van der Waals surface area contributed by atoms with Crippen LogP contribution in [0.15, 0.2) is 23.1 Å². The average Bonchev–Trinajstić information content (AvgIpc) is 2.36. The fraction of sp³-hybridized carbons (Fsp3) is 0.273. The van der Waals surface area contributed by atoms with E-state index in [2.05, 4.69) is 9.47 Å². The molecule has 1 aromatic rings. The lowest BCUT2D eigenvalue weighted by molar-refractivity contribution is 0.0555. The van der Waals surface area contributed by atoms with Crippen molar-refractivity contribution in [1.29, 1.82) is 0 Å². The largest absolute Gasteiger partial charge is 0.465 e. The Morgan fingerprint density at radius 2 is 1.62 bits per heavy atom. The molecule has 0 amide bonds. The summed E-state index contributed by atoms with van der Waals surface area (Å²) in [4.78, 5) is 23.8. The van der Waals surface area contributed by atoms with Crippen molar-refractivity contribution in [3.63, 3.8) is 0 Å². The molecule has 86 valence electrons. The number of carbonyl (C=O) groups excluding carboxylic acids is 2. The van der Waals surface area contributed by atoms with E-state index in [0.29, 0.717) is 0 Å². The number of ether oxygens (including phenoxy) is 2. The van der Waals surface area contributed by atoms with Crippen LogP contribution in [-0.2, 0) is 9.47 Å². The molecule has 0 fully saturated rings. The molecule has 5 heteroatoms. The molecule has 0 unspecified atom stereocenters. The quantitative estimate of drug-likeness (QED) is 0.597. The molecular weight excluding hydrogens is 228 g/mol. The molecular formula is C11H12O4S. The van der Waals surface area contributed by atoms with Gasteiger partial charge in [-0.25, -0.2) is 9.59 Å². The summed E-state index contributed by atoms with van der Waals surface area (Å²) in [5, 5.41) is 0. The van der Waals surface area contributed by atoms with Crippen LogP contribution in [0.5, 0.6) is 0 Å². The predicted molar refractivity (Wildman–Crippen MR) is 60.9 cm³/mol. The third-order valence-corrected chi connectivity index (χ3v) is 2.76. The van der Waals surface area contributed by atoms with Crippen molar-refractivity contribution in [3.8, 4) is 0 Å². The van der Waals surface area contributed by atoms with Crippen molar-refractivity contribution in [2.45, 2.75) is 4.90 Å². The second-order valence-electron chi connectivity index (χ2n) is 2.89. The first-order valence-electron chi connectivity index (χ1n) is 4.48. The van der Waals surface area contributed by atoms with Gasteiger partial charge in [0.15, 0.2) is 0 Å². The van der Waals surface area contributed by atoms with E-state index in [1.807, 2.05) is 6.26 Å². The standard InChI is InChI=1S/C11H12O4S/c1-14-10(12)8-5-4-7(16-3)6-9(8)11(13)15-2/h4-6H,1-3H3. The van der Waals surface area contributed by atoms with Gasteiger partial charge in [-0.15, -0.1) is 11.8 Å². The van der Waals surface area contributed by atoms with Gasteiger partial charge in [-0.3, -0.25) is 0 Å². The normalized spacial score (nSPS) is 9.69. The van der Waals surface area contributed by atoms with E-state index in [4.69, 9.17) is 0 Å². The van der Waals surface area contributed by atoms with Gasteiger partial charge < -0.3 is 9.47 Å². The van der Waals surface area contributed by atoms with Gasteiger partial charge in [-0.2, -0.15) is 0 Å². The molecule has 0 aliphatic heterocycles. The summed E-state index contributed by atoms with van der Waals surface area (Å²) in [5.41, 5.74) is 0.438. The second-order valence-corrected chi connectivity index (χ2v) is 3.77. The zero-order chi connectivity index (χ0) is 12.1. The molecule has 0 radical (unpaired) electrons. The first kappa shape index (κ1) is 12.6. The van der Waals surface area contributed by atoms with Gasteiger partial charge in [0, 0.05) is 4.90 Å². The molecule has 1 rings (SSSR count). The highest BCUT2D eigenvalue weighted by atomic mass is 32.2. The van der Waals surface area contributed by atoms with Crippen LogP contribution in [0.1, 0.15) is 20.7 Å². The van der Waals surface area contributed by atoms with Crippen molar-refractivity contribution in [3.05, 3.63) is 29.3 Å². The van der Waals surface area contributed by atoms with E-state index in [1.165, 1.54) is 26.0 Å². The van der Waals surface area contributed by atoms with Crippen LogP contribution in [0, 0.1) is 0 Å². The third kappa shape index (κ3) is 2.55. The fourth-order valence-corrected chi connectivity index (χ4v) is 1.66. The van der Waals surface area contributed by atoms with Crippen LogP contribution >= 0.6 is 11.8 Å². The summed E-state index contributed by atoms with van der Waals surface area (Å²) in [6.07, 6.45) is 1.88. The maximum Gasteiger partial charge on any atom is 0.338 e. The van der Waals surface area contributed by atoms with E-state index in [1.54, 1.807) is 18.2 Å². The summed E-state index contributed by atoms with van der Waals surface area (Å²) in [6.45, 7) is 0. The maximum atomic E-state index is 11.5.